The van der Waals surface area contributed by atoms with Crippen molar-refractivity contribution >= 4 is 34.4 Å². The van der Waals surface area contributed by atoms with Gasteiger partial charge in [0.15, 0.2) is 0 Å². The number of H-pyrrole nitrogens is 1. The van der Waals surface area contributed by atoms with Gasteiger partial charge in [-0.3, -0.25) is 15.1 Å². The van der Waals surface area contributed by atoms with Crippen LogP contribution in [0.2, 0.25) is 5.02 Å². The molecule has 4 rings (SSSR count). The molecule has 4 aromatic rings. The summed E-state index contributed by atoms with van der Waals surface area (Å²) in [6, 6.07) is 13.1. The number of nitrogens with one attached hydrogen (secondary N) is 2. The van der Waals surface area contributed by atoms with Crippen LogP contribution in [0.4, 0.5) is 11.9 Å². The molecule has 0 bridgehead atoms. The van der Waals surface area contributed by atoms with Crippen molar-refractivity contribution < 1.29 is 4.74 Å². The highest BCUT2D eigenvalue weighted by atomic mass is 35.5. The summed E-state index contributed by atoms with van der Waals surface area (Å²) in [5, 5.41) is 4.56. The van der Waals surface area contributed by atoms with E-state index in [2.05, 4.69) is 25.3 Å². The van der Waals surface area contributed by atoms with E-state index in [1.165, 1.54) is 0 Å². The van der Waals surface area contributed by atoms with Gasteiger partial charge in [-0.2, -0.15) is 0 Å². The molecule has 0 fully saturated rings. The second kappa shape index (κ2) is 8.73. The first-order chi connectivity index (χ1) is 14.9. The minimum Gasteiger partial charge on any atom is -0.494 e. The van der Waals surface area contributed by atoms with Gasteiger partial charge in [-0.1, -0.05) is 23.7 Å². The predicted molar refractivity (Wildman–Crippen MR) is 123 cm³/mol. The number of aromatic nitrogens is 4. The maximum Gasteiger partial charge on any atom is 0.256 e. The van der Waals surface area contributed by atoms with Crippen molar-refractivity contribution in [3.63, 3.8) is 0 Å². The Hall–Kier alpha value is -3.45. The van der Waals surface area contributed by atoms with Crippen molar-refractivity contribution in [3.8, 4) is 5.75 Å². The second-order valence-corrected chi connectivity index (χ2v) is 7.59. The summed E-state index contributed by atoms with van der Waals surface area (Å²) in [6.07, 6.45) is 0.447. The first-order valence-corrected chi connectivity index (χ1v) is 10.3. The number of hydrogen-bond donors (Lipinski definition) is 2. The van der Waals surface area contributed by atoms with E-state index in [1.54, 1.807) is 6.07 Å². The fraction of sp³-hybridized carbons (Fsp3) is 0.217. The van der Waals surface area contributed by atoms with Crippen molar-refractivity contribution in [1.29, 1.82) is 0 Å². The van der Waals surface area contributed by atoms with E-state index in [1.807, 2.05) is 57.2 Å². The van der Waals surface area contributed by atoms with Crippen molar-refractivity contribution in [3.05, 3.63) is 80.4 Å². The molecular weight excluding hydrogens is 414 g/mol. The van der Waals surface area contributed by atoms with Gasteiger partial charge < -0.3 is 4.74 Å². The standard InChI is InChI=1S/C23H22ClN5O2/c1-4-31-17-8-9-20-18(12-17)13(2)25-22(27-20)29-23-26-14(3)19(21(30)28-23)11-15-6-5-7-16(24)10-15/h5-10,12H,4,11H2,1-3H3,(H2,25,26,27,28,29,30). The first-order valence-electron chi connectivity index (χ1n) is 9.95. The van der Waals surface area contributed by atoms with Gasteiger partial charge in [0.05, 0.1) is 23.5 Å². The summed E-state index contributed by atoms with van der Waals surface area (Å²) >= 11 is 6.05. The lowest BCUT2D eigenvalue weighted by molar-refractivity contribution is 0.340. The van der Waals surface area contributed by atoms with Gasteiger partial charge in [-0.05, 0) is 56.7 Å². The van der Waals surface area contributed by atoms with Crippen LogP contribution in [0.15, 0.2) is 47.3 Å². The molecule has 2 heterocycles. The number of aryl methyl sites for hydroxylation is 2. The molecule has 0 spiro atoms. The molecule has 0 aliphatic heterocycles. The molecule has 0 atom stereocenters. The predicted octanol–water partition coefficient (Wildman–Crippen LogP) is 4.72. The summed E-state index contributed by atoms with van der Waals surface area (Å²) in [4.78, 5) is 29.0. The number of nitrogens with zero attached hydrogens (tertiary/aromatic N) is 3. The van der Waals surface area contributed by atoms with Gasteiger partial charge in [0.2, 0.25) is 11.9 Å². The molecule has 0 unspecified atom stereocenters. The summed E-state index contributed by atoms with van der Waals surface area (Å²) < 4.78 is 5.55. The number of halogens is 1. The fourth-order valence-electron chi connectivity index (χ4n) is 3.41. The van der Waals surface area contributed by atoms with Crippen molar-refractivity contribution in [2.75, 3.05) is 11.9 Å². The van der Waals surface area contributed by atoms with Gasteiger partial charge in [0.1, 0.15) is 5.75 Å². The van der Waals surface area contributed by atoms with Crippen LogP contribution in [0.1, 0.15) is 29.4 Å². The maximum atomic E-state index is 12.7. The van der Waals surface area contributed by atoms with Crippen LogP contribution >= 0.6 is 11.6 Å². The van der Waals surface area contributed by atoms with Crippen LogP contribution in [-0.2, 0) is 6.42 Å². The Morgan fingerprint density at radius 3 is 2.65 bits per heavy atom. The number of rotatable bonds is 6. The number of benzene rings is 2. The Balaban J connectivity index is 1.61. The zero-order valence-electron chi connectivity index (χ0n) is 17.5. The van der Waals surface area contributed by atoms with E-state index in [4.69, 9.17) is 16.3 Å². The molecule has 158 valence electrons. The number of hydrogen-bond acceptors (Lipinski definition) is 6. The Morgan fingerprint density at radius 1 is 1.06 bits per heavy atom. The molecule has 31 heavy (non-hydrogen) atoms. The Kier molecular flexibility index (Phi) is 5.86. The molecular formula is C23H22ClN5O2. The van der Waals surface area contributed by atoms with Crippen LogP contribution in [0.5, 0.6) is 5.75 Å². The lowest BCUT2D eigenvalue weighted by Gasteiger charge is -2.11. The smallest absolute Gasteiger partial charge is 0.256 e. The average molecular weight is 436 g/mol. The molecule has 0 saturated heterocycles. The minimum absolute atomic E-state index is 0.214. The third-order valence-electron chi connectivity index (χ3n) is 4.89. The van der Waals surface area contributed by atoms with E-state index in [0.29, 0.717) is 41.2 Å². The summed E-state index contributed by atoms with van der Waals surface area (Å²) in [7, 11) is 0. The van der Waals surface area contributed by atoms with Crippen LogP contribution in [-0.4, -0.2) is 26.5 Å². The number of anilines is 2. The van der Waals surface area contributed by atoms with Crippen LogP contribution in [0, 0.1) is 13.8 Å². The monoisotopic (exact) mass is 435 g/mol. The van der Waals surface area contributed by atoms with Gasteiger partial charge in [-0.15, -0.1) is 0 Å². The molecule has 8 heteroatoms. The molecule has 0 aliphatic rings. The fourth-order valence-corrected chi connectivity index (χ4v) is 3.62. The topological polar surface area (TPSA) is 92.8 Å². The quantitative estimate of drug-likeness (QED) is 0.455. The number of aromatic amines is 1. The number of ether oxygens (including phenoxy) is 1. The van der Waals surface area contributed by atoms with Crippen LogP contribution in [0.3, 0.4) is 0 Å². The van der Waals surface area contributed by atoms with Gasteiger partial charge in [0, 0.05) is 22.4 Å². The van der Waals surface area contributed by atoms with Gasteiger partial charge >= 0.3 is 0 Å². The average Bonchev–Trinajstić information content (AvgIpc) is 2.72. The van der Waals surface area contributed by atoms with Crippen molar-refractivity contribution in [1.82, 2.24) is 19.9 Å². The van der Waals surface area contributed by atoms with Gasteiger partial charge in [0.25, 0.3) is 5.56 Å². The summed E-state index contributed by atoms with van der Waals surface area (Å²) in [5.41, 5.74) is 3.52. The van der Waals surface area contributed by atoms with Crippen LogP contribution < -0.4 is 15.6 Å². The van der Waals surface area contributed by atoms with E-state index < -0.39 is 0 Å². The molecule has 2 N–H and O–H groups in total. The van der Waals surface area contributed by atoms with E-state index in [9.17, 15) is 4.79 Å². The molecule has 2 aromatic heterocycles. The zero-order valence-corrected chi connectivity index (χ0v) is 18.2. The normalized spacial score (nSPS) is 11.0. The van der Waals surface area contributed by atoms with E-state index in [0.717, 1.165) is 27.9 Å². The maximum absolute atomic E-state index is 12.7. The molecule has 7 nitrogen and oxygen atoms in total. The zero-order chi connectivity index (χ0) is 22.0. The largest absolute Gasteiger partial charge is 0.494 e. The highest BCUT2D eigenvalue weighted by Gasteiger charge is 2.12. The van der Waals surface area contributed by atoms with Crippen molar-refractivity contribution in [2.24, 2.45) is 0 Å². The molecule has 0 saturated carbocycles. The second-order valence-electron chi connectivity index (χ2n) is 7.15. The highest BCUT2D eigenvalue weighted by Crippen LogP contribution is 2.23. The SMILES string of the molecule is CCOc1ccc2nc(Nc3nc(C)c(Cc4cccc(Cl)c4)c(=O)[nH]3)nc(C)c2c1. The highest BCUT2D eigenvalue weighted by molar-refractivity contribution is 6.30. The molecule has 0 aliphatic carbocycles. The lowest BCUT2D eigenvalue weighted by Crippen LogP contribution is -2.19. The Morgan fingerprint density at radius 2 is 1.90 bits per heavy atom. The molecule has 0 radical (unpaired) electrons. The number of fused-ring (bicyclic) bond motifs is 1. The third-order valence-corrected chi connectivity index (χ3v) is 5.13. The Bertz CT molecular complexity index is 1320. The van der Waals surface area contributed by atoms with Crippen LogP contribution in [0.25, 0.3) is 10.9 Å². The summed E-state index contributed by atoms with van der Waals surface area (Å²) in [6.45, 7) is 6.25. The summed E-state index contributed by atoms with van der Waals surface area (Å²) in [5.74, 6) is 1.43. The van der Waals surface area contributed by atoms with Gasteiger partial charge in [-0.25, -0.2) is 15.0 Å². The van der Waals surface area contributed by atoms with E-state index in [-0.39, 0.29) is 5.56 Å². The molecule has 2 aromatic carbocycles. The third kappa shape index (κ3) is 4.67. The first kappa shape index (κ1) is 20.8. The van der Waals surface area contributed by atoms with E-state index >= 15 is 0 Å². The van der Waals surface area contributed by atoms with Crippen molar-refractivity contribution in [2.45, 2.75) is 27.2 Å². The Labute approximate surface area is 184 Å². The lowest BCUT2D eigenvalue weighted by atomic mass is 10.1. The molecule has 0 amide bonds. The minimum atomic E-state index is -0.214.